The van der Waals surface area contributed by atoms with E-state index in [0.717, 1.165) is 62.2 Å². The highest BCUT2D eigenvalue weighted by Gasteiger charge is 2.41. The highest BCUT2D eigenvalue weighted by molar-refractivity contribution is 8.00. The molecule has 0 bridgehead atoms. The lowest BCUT2D eigenvalue weighted by atomic mass is 9.64. The Labute approximate surface area is 209 Å². The van der Waals surface area contributed by atoms with Crippen LogP contribution in [-0.2, 0) is 10.2 Å². The Hall–Kier alpha value is -2.65. The fraction of sp³-hybridized carbons (Fsp3) is 0.462. The van der Waals surface area contributed by atoms with Gasteiger partial charge in [-0.25, -0.2) is 8.78 Å². The maximum absolute atomic E-state index is 14.2. The van der Waals surface area contributed by atoms with E-state index in [2.05, 4.69) is 22.0 Å². The summed E-state index contributed by atoms with van der Waals surface area (Å²) < 4.78 is 30.6. The van der Waals surface area contributed by atoms with Crippen molar-refractivity contribution in [2.75, 3.05) is 44.3 Å². The minimum Gasteiger partial charge on any atom is -0.387 e. The summed E-state index contributed by atoms with van der Waals surface area (Å²) in [6, 6.07) is 7.14. The third kappa shape index (κ3) is 5.16. The van der Waals surface area contributed by atoms with Gasteiger partial charge in [0.05, 0.1) is 21.6 Å². The van der Waals surface area contributed by atoms with Crippen LogP contribution in [0.3, 0.4) is 0 Å². The van der Waals surface area contributed by atoms with Crippen LogP contribution in [-0.4, -0.2) is 62.3 Å². The van der Waals surface area contributed by atoms with Crippen molar-refractivity contribution in [3.05, 3.63) is 53.1 Å². The van der Waals surface area contributed by atoms with E-state index in [4.69, 9.17) is 0 Å². The Balaban J connectivity index is 1.69. The molecular weight excluding hydrogens is 470 g/mol. The molecule has 0 unspecified atom stereocenters. The molecule has 1 amide bonds. The summed E-state index contributed by atoms with van der Waals surface area (Å²) in [6.45, 7) is 1.87. The van der Waals surface area contributed by atoms with Gasteiger partial charge >= 0.3 is 0 Å². The summed E-state index contributed by atoms with van der Waals surface area (Å²) in [5.41, 5.74) is 1.84. The lowest BCUT2D eigenvalue weighted by molar-refractivity contribution is -0.115. The SMILES string of the molecule is CNc1c(C(=O)N(C)C2CCN(C)CC2)cc(NSc2ccc(F)cc2F)cc1C1(C=O)CCC1. The lowest BCUT2D eigenvalue weighted by Gasteiger charge is -2.40. The number of likely N-dealkylation sites (tertiary alicyclic amines) is 1. The Morgan fingerprint density at radius 2 is 1.91 bits per heavy atom. The second-order valence-corrected chi connectivity index (χ2v) is 10.4. The molecule has 6 nitrogen and oxygen atoms in total. The number of hydrogen-bond acceptors (Lipinski definition) is 6. The molecule has 1 saturated heterocycles. The molecule has 4 rings (SSSR count). The van der Waals surface area contributed by atoms with E-state index in [0.29, 0.717) is 29.8 Å². The van der Waals surface area contributed by atoms with Gasteiger partial charge in [-0.05, 0) is 87.6 Å². The van der Waals surface area contributed by atoms with Gasteiger partial charge in [0.25, 0.3) is 5.91 Å². The number of benzene rings is 2. The molecule has 1 heterocycles. The number of aldehydes is 1. The van der Waals surface area contributed by atoms with E-state index in [1.165, 1.54) is 12.1 Å². The van der Waals surface area contributed by atoms with Crippen molar-refractivity contribution in [1.82, 2.24) is 9.80 Å². The van der Waals surface area contributed by atoms with Crippen LogP contribution in [0.5, 0.6) is 0 Å². The number of nitrogens with one attached hydrogen (secondary N) is 2. The van der Waals surface area contributed by atoms with Crippen molar-refractivity contribution in [3.8, 4) is 0 Å². The lowest BCUT2D eigenvalue weighted by Crippen LogP contribution is -2.44. The minimum atomic E-state index is -0.670. The quantitative estimate of drug-likeness (QED) is 0.395. The van der Waals surface area contributed by atoms with Crippen LogP contribution in [0, 0.1) is 11.6 Å². The number of rotatable bonds is 8. The molecule has 0 atom stereocenters. The summed E-state index contributed by atoms with van der Waals surface area (Å²) in [4.78, 5) is 30.2. The monoisotopic (exact) mass is 502 g/mol. The summed E-state index contributed by atoms with van der Waals surface area (Å²) in [5, 5.41) is 3.18. The molecule has 2 aliphatic rings. The second kappa shape index (κ2) is 10.5. The first kappa shape index (κ1) is 25.4. The zero-order chi connectivity index (χ0) is 25.2. The molecule has 2 aromatic carbocycles. The Morgan fingerprint density at radius 3 is 2.49 bits per heavy atom. The van der Waals surface area contributed by atoms with Gasteiger partial charge in [-0.2, -0.15) is 0 Å². The number of hydrogen-bond donors (Lipinski definition) is 2. The van der Waals surface area contributed by atoms with Crippen molar-refractivity contribution in [3.63, 3.8) is 0 Å². The zero-order valence-corrected chi connectivity index (χ0v) is 21.2. The van der Waals surface area contributed by atoms with Gasteiger partial charge in [-0.1, -0.05) is 6.42 Å². The summed E-state index contributed by atoms with van der Waals surface area (Å²) >= 11 is 1.00. The van der Waals surface area contributed by atoms with E-state index in [1.54, 1.807) is 18.0 Å². The van der Waals surface area contributed by atoms with Gasteiger partial charge in [0, 0.05) is 31.9 Å². The first-order chi connectivity index (χ1) is 16.8. The highest BCUT2D eigenvalue weighted by Crippen LogP contribution is 2.47. The van der Waals surface area contributed by atoms with Crippen LogP contribution in [0.25, 0.3) is 0 Å². The molecule has 9 heteroatoms. The molecule has 1 aliphatic heterocycles. The predicted octanol–water partition coefficient (Wildman–Crippen LogP) is 4.91. The molecule has 2 aromatic rings. The van der Waals surface area contributed by atoms with Gasteiger partial charge in [-0.15, -0.1) is 0 Å². The first-order valence-corrected chi connectivity index (χ1v) is 12.8. The smallest absolute Gasteiger partial charge is 0.256 e. The van der Waals surface area contributed by atoms with E-state index in [-0.39, 0.29) is 16.8 Å². The van der Waals surface area contributed by atoms with Crippen molar-refractivity contribution >= 4 is 35.5 Å². The molecule has 1 aliphatic carbocycles. The van der Waals surface area contributed by atoms with Crippen molar-refractivity contribution in [2.45, 2.75) is 48.5 Å². The largest absolute Gasteiger partial charge is 0.387 e. The number of amides is 1. The summed E-state index contributed by atoms with van der Waals surface area (Å²) in [6.07, 6.45) is 5.15. The van der Waals surface area contributed by atoms with Crippen LogP contribution in [0.4, 0.5) is 20.2 Å². The number of piperidine rings is 1. The molecule has 0 spiro atoms. The van der Waals surface area contributed by atoms with Gasteiger partial charge in [0.15, 0.2) is 0 Å². The van der Waals surface area contributed by atoms with Crippen molar-refractivity contribution < 1.29 is 18.4 Å². The minimum absolute atomic E-state index is 0.118. The normalized spacial score (nSPS) is 18.0. The fourth-order valence-corrected chi connectivity index (χ4v) is 5.59. The molecule has 35 heavy (non-hydrogen) atoms. The van der Waals surface area contributed by atoms with Crippen LogP contribution in [0.2, 0.25) is 0 Å². The molecule has 1 saturated carbocycles. The summed E-state index contributed by atoms with van der Waals surface area (Å²) in [5.74, 6) is -1.43. The number of anilines is 2. The number of carbonyl (C=O) groups is 2. The molecule has 0 radical (unpaired) electrons. The Morgan fingerprint density at radius 1 is 1.20 bits per heavy atom. The van der Waals surface area contributed by atoms with Crippen molar-refractivity contribution in [2.24, 2.45) is 0 Å². The van der Waals surface area contributed by atoms with Crippen LogP contribution >= 0.6 is 11.9 Å². The van der Waals surface area contributed by atoms with Crippen LogP contribution < -0.4 is 10.0 Å². The second-order valence-electron chi connectivity index (χ2n) is 9.55. The van der Waals surface area contributed by atoms with Crippen LogP contribution in [0.15, 0.2) is 35.2 Å². The van der Waals surface area contributed by atoms with Crippen molar-refractivity contribution in [1.29, 1.82) is 0 Å². The number of halogens is 2. The standard InChI is InChI=1S/C26H32F2N4O2S/c1-29-24-20(25(34)32(3)19-7-11-31(2)12-8-19)14-18(15-21(24)26(16-33)9-4-10-26)30-35-23-6-5-17(27)13-22(23)28/h5-6,13-16,19,29-30H,4,7-12H2,1-3H3. The summed E-state index contributed by atoms with van der Waals surface area (Å²) in [7, 11) is 5.68. The number of nitrogens with zero attached hydrogens (tertiary/aromatic N) is 2. The molecular formula is C26H32F2N4O2S. The van der Waals surface area contributed by atoms with E-state index < -0.39 is 17.0 Å². The van der Waals surface area contributed by atoms with E-state index in [1.807, 2.05) is 13.1 Å². The maximum Gasteiger partial charge on any atom is 0.256 e. The van der Waals surface area contributed by atoms with Gasteiger partial charge in [-0.3, -0.25) is 4.79 Å². The third-order valence-electron chi connectivity index (χ3n) is 7.36. The van der Waals surface area contributed by atoms with E-state index in [9.17, 15) is 18.4 Å². The average Bonchev–Trinajstić information content (AvgIpc) is 2.82. The molecule has 0 aromatic heterocycles. The van der Waals surface area contributed by atoms with Crippen LogP contribution in [0.1, 0.15) is 48.0 Å². The van der Waals surface area contributed by atoms with E-state index >= 15 is 0 Å². The predicted molar refractivity (Wildman–Crippen MR) is 136 cm³/mol. The third-order valence-corrected chi connectivity index (χ3v) is 8.24. The Bertz CT molecular complexity index is 1100. The Kier molecular flexibility index (Phi) is 7.66. The number of carbonyl (C=O) groups excluding carboxylic acids is 2. The molecule has 2 fully saturated rings. The molecule has 188 valence electrons. The highest BCUT2D eigenvalue weighted by atomic mass is 32.2. The topological polar surface area (TPSA) is 64.7 Å². The fourth-order valence-electron chi connectivity index (χ4n) is 4.95. The average molecular weight is 503 g/mol. The van der Waals surface area contributed by atoms with Gasteiger partial charge < -0.3 is 24.6 Å². The first-order valence-electron chi connectivity index (χ1n) is 11.9. The zero-order valence-electron chi connectivity index (χ0n) is 20.4. The van der Waals surface area contributed by atoms with Gasteiger partial charge in [0.1, 0.15) is 17.9 Å². The maximum atomic E-state index is 14.2. The molecule has 2 N–H and O–H groups in total. The van der Waals surface area contributed by atoms with Gasteiger partial charge in [0.2, 0.25) is 0 Å².